The molecule has 0 bridgehead atoms. The summed E-state index contributed by atoms with van der Waals surface area (Å²) >= 11 is 7.67. The molecule has 7 nitrogen and oxygen atoms in total. The van der Waals surface area contributed by atoms with Crippen LogP contribution in [0.15, 0.2) is 29.2 Å². The predicted octanol–water partition coefficient (Wildman–Crippen LogP) is 2.70. The second kappa shape index (κ2) is 7.94. The second-order valence-electron chi connectivity index (χ2n) is 5.22. The van der Waals surface area contributed by atoms with E-state index in [0.29, 0.717) is 20.1 Å². The standard InChI is InChI=1S/C16H14N4O3S3/c1-9-18-19-15(25-9)17-13(21)8-20-14(22)12(26-16(20)24)7-10-4-3-5-11(6-10)23-2/h3-7H,8H2,1-2H3,(H,17,19,21)/b12-7+. The maximum atomic E-state index is 12.6. The smallest absolute Gasteiger partial charge is 0.266 e. The van der Waals surface area contributed by atoms with E-state index in [2.05, 4.69) is 15.5 Å². The third-order valence-corrected chi connectivity index (χ3v) is 5.47. The number of hydrogen-bond donors (Lipinski definition) is 1. The van der Waals surface area contributed by atoms with Crippen molar-refractivity contribution in [1.82, 2.24) is 15.1 Å². The zero-order valence-electron chi connectivity index (χ0n) is 13.9. The van der Waals surface area contributed by atoms with Crippen molar-refractivity contribution in [3.8, 4) is 5.75 Å². The molecular formula is C16H14N4O3S3. The molecule has 0 atom stereocenters. The van der Waals surface area contributed by atoms with Gasteiger partial charge in [0.1, 0.15) is 21.6 Å². The van der Waals surface area contributed by atoms with Crippen molar-refractivity contribution in [3.63, 3.8) is 0 Å². The molecule has 0 saturated carbocycles. The van der Waals surface area contributed by atoms with E-state index in [0.717, 1.165) is 10.6 Å². The molecule has 2 heterocycles. The number of methoxy groups -OCH3 is 1. The molecule has 10 heteroatoms. The van der Waals surface area contributed by atoms with Gasteiger partial charge in [0, 0.05) is 0 Å². The van der Waals surface area contributed by atoms with Gasteiger partial charge in [0.2, 0.25) is 11.0 Å². The lowest BCUT2D eigenvalue weighted by atomic mass is 10.2. The molecular weight excluding hydrogens is 392 g/mol. The minimum Gasteiger partial charge on any atom is -0.497 e. The lowest BCUT2D eigenvalue weighted by Crippen LogP contribution is -2.36. The molecule has 1 aromatic heterocycles. The van der Waals surface area contributed by atoms with Crippen LogP contribution in [0.2, 0.25) is 0 Å². The molecule has 1 N–H and O–H groups in total. The van der Waals surface area contributed by atoms with Crippen LogP contribution in [0, 0.1) is 6.92 Å². The van der Waals surface area contributed by atoms with Crippen LogP contribution in [0.1, 0.15) is 10.6 Å². The van der Waals surface area contributed by atoms with Gasteiger partial charge in [-0.15, -0.1) is 10.2 Å². The van der Waals surface area contributed by atoms with E-state index < -0.39 is 0 Å². The van der Waals surface area contributed by atoms with Gasteiger partial charge in [-0.05, 0) is 30.7 Å². The van der Waals surface area contributed by atoms with Gasteiger partial charge in [0.25, 0.3) is 5.91 Å². The molecule has 2 amide bonds. The Morgan fingerprint density at radius 1 is 1.42 bits per heavy atom. The Labute approximate surface area is 163 Å². The number of rotatable bonds is 5. The highest BCUT2D eigenvalue weighted by atomic mass is 32.2. The number of thiocarbonyl (C=S) groups is 1. The van der Waals surface area contributed by atoms with Gasteiger partial charge in [-0.2, -0.15) is 0 Å². The van der Waals surface area contributed by atoms with E-state index in [9.17, 15) is 9.59 Å². The zero-order valence-corrected chi connectivity index (χ0v) is 16.3. The van der Waals surface area contributed by atoms with Crippen LogP contribution in [0.25, 0.3) is 6.08 Å². The lowest BCUT2D eigenvalue weighted by molar-refractivity contribution is -0.126. The summed E-state index contributed by atoms with van der Waals surface area (Å²) in [6.45, 7) is 1.62. The van der Waals surface area contributed by atoms with Gasteiger partial charge < -0.3 is 4.74 Å². The van der Waals surface area contributed by atoms with E-state index in [1.165, 1.54) is 28.0 Å². The highest BCUT2D eigenvalue weighted by Gasteiger charge is 2.33. The number of carbonyl (C=O) groups excluding carboxylic acids is 2. The highest BCUT2D eigenvalue weighted by Crippen LogP contribution is 2.32. The van der Waals surface area contributed by atoms with Crippen LogP contribution >= 0.6 is 35.3 Å². The van der Waals surface area contributed by atoms with Gasteiger partial charge in [-0.1, -0.05) is 47.4 Å². The van der Waals surface area contributed by atoms with Gasteiger partial charge >= 0.3 is 0 Å². The Bertz CT molecular complexity index is 910. The van der Waals surface area contributed by atoms with Crippen molar-refractivity contribution in [2.24, 2.45) is 0 Å². The molecule has 1 aromatic carbocycles. The minimum absolute atomic E-state index is 0.168. The summed E-state index contributed by atoms with van der Waals surface area (Å²) in [4.78, 5) is 26.5. The summed E-state index contributed by atoms with van der Waals surface area (Å²) in [6, 6.07) is 7.33. The van der Waals surface area contributed by atoms with Gasteiger partial charge in [-0.3, -0.25) is 19.8 Å². The molecule has 134 valence electrons. The van der Waals surface area contributed by atoms with E-state index in [4.69, 9.17) is 17.0 Å². The SMILES string of the molecule is COc1cccc(/C=C2/SC(=S)N(CC(=O)Nc3nnc(C)s3)C2=O)c1. The number of aromatic nitrogens is 2. The molecule has 1 aliphatic rings. The first-order valence-corrected chi connectivity index (χ1v) is 9.50. The normalized spacial score (nSPS) is 15.6. The molecule has 3 rings (SSSR count). The molecule has 1 aliphatic heterocycles. The first-order valence-electron chi connectivity index (χ1n) is 7.45. The predicted molar refractivity (Wildman–Crippen MR) is 106 cm³/mol. The van der Waals surface area contributed by atoms with E-state index in [-0.39, 0.29) is 18.4 Å². The maximum Gasteiger partial charge on any atom is 0.266 e. The number of carbonyl (C=O) groups is 2. The quantitative estimate of drug-likeness (QED) is 0.604. The van der Waals surface area contributed by atoms with Crippen LogP contribution < -0.4 is 10.1 Å². The number of aryl methyl sites for hydroxylation is 1. The Morgan fingerprint density at radius 2 is 2.23 bits per heavy atom. The average Bonchev–Trinajstić information content (AvgIpc) is 3.13. The van der Waals surface area contributed by atoms with Crippen molar-refractivity contribution in [2.75, 3.05) is 19.0 Å². The Balaban J connectivity index is 1.70. The number of anilines is 1. The van der Waals surface area contributed by atoms with Gasteiger partial charge in [-0.25, -0.2) is 0 Å². The largest absolute Gasteiger partial charge is 0.497 e. The molecule has 0 unspecified atom stereocenters. The number of thioether (sulfide) groups is 1. The number of benzene rings is 1. The molecule has 2 aromatic rings. The monoisotopic (exact) mass is 406 g/mol. The van der Waals surface area contributed by atoms with Crippen LogP contribution in [-0.4, -0.2) is 44.9 Å². The fourth-order valence-electron chi connectivity index (χ4n) is 2.17. The first-order chi connectivity index (χ1) is 12.5. The molecule has 0 aliphatic carbocycles. The van der Waals surface area contributed by atoms with Crippen LogP contribution in [0.5, 0.6) is 5.75 Å². The Hall–Kier alpha value is -2.30. The summed E-state index contributed by atoms with van der Waals surface area (Å²) in [7, 11) is 1.58. The Kier molecular flexibility index (Phi) is 5.64. The van der Waals surface area contributed by atoms with Crippen LogP contribution in [0.3, 0.4) is 0 Å². The molecule has 26 heavy (non-hydrogen) atoms. The average molecular weight is 407 g/mol. The maximum absolute atomic E-state index is 12.6. The zero-order chi connectivity index (χ0) is 18.7. The fourth-order valence-corrected chi connectivity index (χ4v) is 4.03. The number of hydrogen-bond acceptors (Lipinski definition) is 8. The lowest BCUT2D eigenvalue weighted by Gasteiger charge is -2.13. The second-order valence-corrected chi connectivity index (χ2v) is 8.08. The summed E-state index contributed by atoms with van der Waals surface area (Å²) < 4.78 is 5.52. The van der Waals surface area contributed by atoms with E-state index >= 15 is 0 Å². The summed E-state index contributed by atoms with van der Waals surface area (Å²) in [5, 5.41) is 11.4. The molecule has 1 saturated heterocycles. The van der Waals surface area contributed by atoms with Crippen molar-refractivity contribution in [2.45, 2.75) is 6.92 Å². The summed E-state index contributed by atoms with van der Waals surface area (Å²) in [5.41, 5.74) is 0.818. The molecule has 1 fully saturated rings. The number of nitrogens with zero attached hydrogens (tertiary/aromatic N) is 3. The fraction of sp³-hybridized carbons (Fsp3) is 0.188. The number of ether oxygens (including phenoxy) is 1. The highest BCUT2D eigenvalue weighted by molar-refractivity contribution is 8.26. The number of nitrogens with one attached hydrogen (secondary N) is 1. The topological polar surface area (TPSA) is 84.4 Å². The van der Waals surface area contributed by atoms with Crippen molar-refractivity contribution < 1.29 is 14.3 Å². The van der Waals surface area contributed by atoms with Gasteiger partial charge in [0.05, 0.1) is 12.0 Å². The van der Waals surface area contributed by atoms with Crippen LogP contribution in [-0.2, 0) is 9.59 Å². The van der Waals surface area contributed by atoms with Gasteiger partial charge in [0.15, 0.2) is 0 Å². The summed E-state index contributed by atoms with van der Waals surface area (Å²) in [5.74, 6) is 0.0208. The first kappa shape index (κ1) is 18.5. The van der Waals surface area contributed by atoms with Crippen molar-refractivity contribution in [3.05, 3.63) is 39.7 Å². The number of amides is 2. The van der Waals surface area contributed by atoms with E-state index in [1.807, 2.05) is 24.3 Å². The third-order valence-electron chi connectivity index (χ3n) is 3.34. The van der Waals surface area contributed by atoms with Crippen molar-refractivity contribution in [1.29, 1.82) is 0 Å². The van der Waals surface area contributed by atoms with Crippen LogP contribution in [0.4, 0.5) is 5.13 Å². The summed E-state index contributed by atoms with van der Waals surface area (Å²) in [6.07, 6.45) is 1.73. The minimum atomic E-state index is -0.375. The molecule has 0 spiro atoms. The van der Waals surface area contributed by atoms with Crippen molar-refractivity contribution >= 4 is 62.7 Å². The Morgan fingerprint density at radius 3 is 2.92 bits per heavy atom. The van der Waals surface area contributed by atoms with E-state index in [1.54, 1.807) is 20.1 Å². The third kappa shape index (κ3) is 4.26. The molecule has 0 radical (unpaired) electrons.